The van der Waals surface area contributed by atoms with Crippen LogP contribution in [-0.4, -0.2) is 16.9 Å². The van der Waals surface area contributed by atoms with Gasteiger partial charge in [0.05, 0.1) is 0 Å². The molecule has 3 heteroatoms. The van der Waals surface area contributed by atoms with E-state index < -0.39 is 5.97 Å². The van der Waals surface area contributed by atoms with E-state index in [1.807, 2.05) is 0 Å². The molecule has 0 heterocycles. The molecular formula is C16H28O3. The minimum atomic E-state index is -1.01. The molecule has 0 aliphatic heterocycles. The minimum absolute atomic E-state index is 0.0668. The lowest BCUT2D eigenvalue weighted by atomic mass is 10.0. The molecule has 0 bridgehead atoms. The fourth-order valence-corrected chi connectivity index (χ4v) is 1.99. The van der Waals surface area contributed by atoms with Crippen LogP contribution in [0.25, 0.3) is 0 Å². The van der Waals surface area contributed by atoms with Crippen LogP contribution in [0.15, 0.2) is 11.6 Å². The molecule has 0 amide bonds. The topological polar surface area (TPSA) is 54.4 Å². The molecule has 0 unspecified atom stereocenters. The van der Waals surface area contributed by atoms with Crippen LogP contribution in [-0.2, 0) is 9.59 Å². The van der Waals surface area contributed by atoms with Gasteiger partial charge in [0.2, 0.25) is 0 Å². The molecule has 110 valence electrons. The molecule has 0 saturated heterocycles. The molecule has 0 fully saturated rings. The van der Waals surface area contributed by atoms with Gasteiger partial charge in [-0.15, -0.1) is 0 Å². The minimum Gasteiger partial charge on any atom is -0.478 e. The first kappa shape index (κ1) is 17.9. The number of aliphatic carboxylic acids is 1. The number of carbonyl (C=O) groups is 2. The number of carboxylic acids is 1. The third kappa shape index (κ3) is 11.7. The van der Waals surface area contributed by atoms with E-state index in [4.69, 9.17) is 5.11 Å². The number of rotatable bonds is 12. The standard InChI is InChI=1S/C16H28O3/c1-3-4-5-6-7-8-9-10-11-12-15(17)13-14(2)16(18)19/h13H,3-12H2,1-2H3,(H,18,19). The summed E-state index contributed by atoms with van der Waals surface area (Å²) < 4.78 is 0. The monoisotopic (exact) mass is 268 g/mol. The van der Waals surface area contributed by atoms with Crippen molar-refractivity contribution in [2.75, 3.05) is 0 Å². The van der Waals surface area contributed by atoms with Gasteiger partial charge in [0.25, 0.3) is 0 Å². The summed E-state index contributed by atoms with van der Waals surface area (Å²) in [5.41, 5.74) is 0.126. The maximum absolute atomic E-state index is 11.4. The van der Waals surface area contributed by atoms with E-state index in [0.29, 0.717) is 6.42 Å². The summed E-state index contributed by atoms with van der Waals surface area (Å²) in [6.07, 6.45) is 12.7. The Balaban J connectivity index is 3.42. The molecular weight excluding hydrogens is 240 g/mol. The predicted octanol–water partition coefficient (Wildman–Crippen LogP) is 4.51. The third-order valence-electron chi connectivity index (χ3n) is 3.24. The largest absolute Gasteiger partial charge is 0.478 e. The summed E-state index contributed by atoms with van der Waals surface area (Å²) in [5, 5.41) is 8.64. The van der Waals surface area contributed by atoms with Crippen LogP contribution in [0.5, 0.6) is 0 Å². The zero-order valence-corrected chi connectivity index (χ0v) is 12.4. The Bertz CT molecular complexity index is 292. The van der Waals surface area contributed by atoms with Gasteiger partial charge in [-0.25, -0.2) is 4.79 Å². The Hall–Kier alpha value is -1.12. The Kier molecular flexibility index (Phi) is 11.2. The maximum Gasteiger partial charge on any atom is 0.331 e. The summed E-state index contributed by atoms with van der Waals surface area (Å²) in [6.45, 7) is 3.67. The summed E-state index contributed by atoms with van der Waals surface area (Å²) in [7, 11) is 0. The number of carboxylic acid groups (broad SMARTS) is 1. The lowest BCUT2D eigenvalue weighted by molar-refractivity contribution is -0.132. The van der Waals surface area contributed by atoms with Crippen molar-refractivity contribution in [2.24, 2.45) is 0 Å². The van der Waals surface area contributed by atoms with Gasteiger partial charge >= 0.3 is 5.97 Å². The SMILES string of the molecule is CCCCCCCCCCCC(=O)C=C(C)C(=O)O. The van der Waals surface area contributed by atoms with Crippen molar-refractivity contribution in [3.8, 4) is 0 Å². The molecule has 0 saturated carbocycles. The highest BCUT2D eigenvalue weighted by molar-refractivity contribution is 5.98. The molecule has 19 heavy (non-hydrogen) atoms. The molecule has 3 nitrogen and oxygen atoms in total. The van der Waals surface area contributed by atoms with Crippen LogP contribution in [0.2, 0.25) is 0 Å². The van der Waals surface area contributed by atoms with Crippen LogP contribution in [0.4, 0.5) is 0 Å². The van der Waals surface area contributed by atoms with Gasteiger partial charge in [-0.1, -0.05) is 58.3 Å². The summed E-state index contributed by atoms with van der Waals surface area (Å²) in [6, 6.07) is 0. The van der Waals surface area contributed by atoms with Crippen LogP contribution >= 0.6 is 0 Å². The highest BCUT2D eigenvalue weighted by Gasteiger charge is 2.04. The van der Waals surface area contributed by atoms with E-state index in [0.717, 1.165) is 12.8 Å². The molecule has 0 aromatic heterocycles. The molecule has 0 atom stereocenters. The van der Waals surface area contributed by atoms with E-state index in [1.165, 1.54) is 57.9 Å². The maximum atomic E-state index is 11.4. The van der Waals surface area contributed by atoms with E-state index in [9.17, 15) is 9.59 Å². The molecule has 1 N–H and O–H groups in total. The smallest absolute Gasteiger partial charge is 0.331 e. The molecule has 0 aromatic rings. The summed E-state index contributed by atoms with van der Waals surface area (Å²) in [4.78, 5) is 22.0. The van der Waals surface area contributed by atoms with Crippen molar-refractivity contribution in [1.82, 2.24) is 0 Å². The zero-order valence-electron chi connectivity index (χ0n) is 12.4. The number of unbranched alkanes of at least 4 members (excludes halogenated alkanes) is 8. The Morgan fingerprint density at radius 2 is 1.37 bits per heavy atom. The predicted molar refractivity (Wildman–Crippen MR) is 78.2 cm³/mol. The molecule has 0 aliphatic rings. The first-order chi connectivity index (χ1) is 9.07. The zero-order chi connectivity index (χ0) is 14.5. The van der Waals surface area contributed by atoms with Gasteiger partial charge in [-0.3, -0.25) is 4.79 Å². The van der Waals surface area contributed by atoms with Crippen molar-refractivity contribution < 1.29 is 14.7 Å². The van der Waals surface area contributed by atoms with E-state index >= 15 is 0 Å². The quantitative estimate of drug-likeness (QED) is 0.418. The van der Waals surface area contributed by atoms with E-state index in [1.54, 1.807) is 0 Å². The average Bonchev–Trinajstić information content (AvgIpc) is 2.36. The van der Waals surface area contributed by atoms with Crippen molar-refractivity contribution >= 4 is 11.8 Å². The van der Waals surface area contributed by atoms with E-state index in [-0.39, 0.29) is 11.4 Å². The Labute approximate surface area is 117 Å². The number of carbonyl (C=O) groups excluding carboxylic acids is 1. The number of ketones is 1. The van der Waals surface area contributed by atoms with Gasteiger partial charge in [0, 0.05) is 12.0 Å². The Morgan fingerprint density at radius 3 is 1.84 bits per heavy atom. The van der Waals surface area contributed by atoms with Crippen LogP contribution in [0.1, 0.15) is 78.1 Å². The van der Waals surface area contributed by atoms with Gasteiger partial charge in [0.15, 0.2) is 5.78 Å². The molecule has 0 radical (unpaired) electrons. The van der Waals surface area contributed by atoms with Crippen LogP contribution in [0.3, 0.4) is 0 Å². The second-order valence-electron chi connectivity index (χ2n) is 5.18. The van der Waals surface area contributed by atoms with Gasteiger partial charge in [-0.05, 0) is 19.4 Å². The fourth-order valence-electron chi connectivity index (χ4n) is 1.99. The molecule has 0 spiro atoms. The molecule has 0 rings (SSSR count). The van der Waals surface area contributed by atoms with Crippen LogP contribution in [0, 0.1) is 0 Å². The van der Waals surface area contributed by atoms with Gasteiger partial charge < -0.3 is 5.11 Å². The van der Waals surface area contributed by atoms with Gasteiger partial charge in [0.1, 0.15) is 0 Å². The lowest BCUT2D eigenvalue weighted by Crippen LogP contribution is -2.01. The van der Waals surface area contributed by atoms with Gasteiger partial charge in [-0.2, -0.15) is 0 Å². The highest BCUT2D eigenvalue weighted by atomic mass is 16.4. The fraction of sp³-hybridized carbons (Fsp3) is 0.750. The second-order valence-corrected chi connectivity index (χ2v) is 5.18. The van der Waals surface area contributed by atoms with Crippen molar-refractivity contribution in [3.63, 3.8) is 0 Å². The summed E-state index contributed by atoms with van der Waals surface area (Å²) >= 11 is 0. The lowest BCUT2D eigenvalue weighted by Gasteiger charge is -2.01. The third-order valence-corrected chi connectivity index (χ3v) is 3.24. The number of hydrogen-bond acceptors (Lipinski definition) is 2. The Morgan fingerprint density at radius 1 is 0.895 bits per heavy atom. The van der Waals surface area contributed by atoms with Crippen molar-refractivity contribution in [1.29, 1.82) is 0 Å². The first-order valence-corrected chi connectivity index (χ1v) is 7.52. The van der Waals surface area contributed by atoms with Crippen LogP contribution < -0.4 is 0 Å². The highest BCUT2D eigenvalue weighted by Crippen LogP contribution is 2.11. The van der Waals surface area contributed by atoms with Crippen molar-refractivity contribution in [2.45, 2.75) is 78.1 Å². The second kappa shape index (κ2) is 11.9. The average molecular weight is 268 g/mol. The van der Waals surface area contributed by atoms with Crippen molar-refractivity contribution in [3.05, 3.63) is 11.6 Å². The molecule has 0 aromatic carbocycles. The van der Waals surface area contributed by atoms with E-state index in [2.05, 4.69) is 6.92 Å². The first-order valence-electron chi connectivity index (χ1n) is 7.52. The number of hydrogen-bond donors (Lipinski definition) is 1. The normalized spacial score (nSPS) is 11.6. The number of allylic oxidation sites excluding steroid dienone is 1. The molecule has 0 aliphatic carbocycles. The summed E-state index contributed by atoms with van der Waals surface area (Å²) in [5.74, 6) is -1.08.